The van der Waals surface area contributed by atoms with E-state index in [9.17, 15) is 41.0 Å². The molecule has 0 aliphatic rings. The van der Waals surface area contributed by atoms with Gasteiger partial charge in [0.15, 0.2) is 0 Å². The van der Waals surface area contributed by atoms with Crippen LogP contribution in [0.3, 0.4) is 0 Å². The van der Waals surface area contributed by atoms with Crippen LogP contribution in [0.1, 0.15) is 35.7 Å². The number of carbonyl (C=O) groups is 1. The van der Waals surface area contributed by atoms with Crippen molar-refractivity contribution in [3.63, 3.8) is 0 Å². The molecule has 0 atom stereocenters. The van der Waals surface area contributed by atoms with Crippen LogP contribution in [0.2, 0.25) is 0 Å². The van der Waals surface area contributed by atoms with Crippen molar-refractivity contribution < 1.29 is 45.7 Å². The predicted octanol–water partition coefficient (Wildman–Crippen LogP) is 5.06. The van der Waals surface area contributed by atoms with Crippen molar-refractivity contribution in [3.8, 4) is 5.75 Å². The average Bonchev–Trinajstić information content (AvgIpc) is 2.80. The SMILES string of the molecule is CCCCn1c(=O)c2ccc(C(=O)OC)cc2c2c(OC)c(C(O)(C(F)(F)F)C(F)(F)F)ccc21. The minimum absolute atomic E-state index is 0.0229. The second kappa shape index (κ2) is 9.06. The summed E-state index contributed by atoms with van der Waals surface area (Å²) >= 11 is 0. The van der Waals surface area contributed by atoms with Gasteiger partial charge in [0.2, 0.25) is 0 Å². The van der Waals surface area contributed by atoms with E-state index in [4.69, 9.17) is 4.74 Å². The molecule has 0 aliphatic carbocycles. The molecule has 0 saturated heterocycles. The monoisotopic (exact) mass is 505 g/mol. The zero-order valence-corrected chi connectivity index (χ0v) is 18.8. The molecule has 0 bridgehead atoms. The molecule has 0 fully saturated rings. The van der Waals surface area contributed by atoms with E-state index in [0.717, 1.165) is 26.4 Å². The summed E-state index contributed by atoms with van der Waals surface area (Å²) in [5.41, 5.74) is -7.55. The number of esters is 1. The molecule has 2 aromatic carbocycles. The van der Waals surface area contributed by atoms with Crippen LogP contribution in [0.5, 0.6) is 5.75 Å². The third-order valence-electron chi connectivity index (χ3n) is 5.76. The summed E-state index contributed by atoms with van der Waals surface area (Å²) in [6, 6.07) is 4.96. The fraction of sp³-hybridized carbons (Fsp3) is 0.391. The second-order valence-corrected chi connectivity index (χ2v) is 7.81. The number of aromatic nitrogens is 1. The van der Waals surface area contributed by atoms with Gasteiger partial charge in [-0.05, 0) is 36.8 Å². The maximum Gasteiger partial charge on any atom is 0.430 e. The van der Waals surface area contributed by atoms with Gasteiger partial charge in [0, 0.05) is 28.3 Å². The molecule has 35 heavy (non-hydrogen) atoms. The number of carbonyl (C=O) groups excluding carboxylic acids is 1. The molecule has 1 heterocycles. The molecule has 190 valence electrons. The molecule has 1 N–H and O–H groups in total. The van der Waals surface area contributed by atoms with Crippen LogP contribution < -0.4 is 10.3 Å². The molecule has 0 spiro atoms. The number of aliphatic hydroxyl groups is 1. The minimum atomic E-state index is -6.16. The molecular weight excluding hydrogens is 484 g/mol. The number of pyridine rings is 1. The van der Waals surface area contributed by atoms with E-state index in [1.807, 2.05) is 6.92 Å². The van der Waals surface area contributed by atoms with Crippen LogP contribution in [0.15, 0.2) is 35.1 Å². The van der Waals surface area contributed by atoms with E-state index in [2.05, 4.69) is 4.74 Å². The number of methoxy groups -OCH3 is 2. The lowest BCUT2D eigenvalue weighted by molar-refractivity contribution is -0.376. The lowest BCUT2D eigenvalue weighted by Crippen LogP contribution is -2.54. The van der Waals surface area contributed by atoms with Crippen molar-refractivity contribution >= 4 is 27.6 Å². The number of benzene rings is 2. The van der Waals surface area contributed by atoms with Crippen molar-refractivity contribution in [3.05, 3.63) is 51.8 Å². The highest BCUT2D eigenvalue weighted by atomic mass is 19.4. The Morgan fingerprint density at radius 3 is 2.14 bits per heavy atom. The fourth-order valence-electron chi connectivity index (χ4n) is 4.00. The summed E-state index contributed by atoms with van der Waals surface area (Å²) < 4.78 is 93.1. The van der Waals surface area contributed by atoms with Crippen molar-refractivity contribution in [2.75, 3.05) is 14.2 Å². The highest BCUT2D eigenvalue weighted by molar-refractivity contribution is 6.11. The van der Waals surface area contributed by atoms with E-state index >= 15 is 0 Å². The summed E-state index contributed by atoms with van der Waals surface area (Å²) in [6.07, 6.45) is -11.2. The smallest absolute Gasteiger partial charge is 0.430 e. The van der Waals surface area contributed by atoms with Crippen molar-refractivity contribution in [2.45, 2.75) is 44.3 Å². The van der Waals surface area contributed by atoms with Gasteiger partial charge in [0.1, 0.15) is 5.75 Å². The summed E-state index contributed by atoms with van der Waals surface area (Å²) in [4.78, 5) is 25.3. The summed E-state index contributed by atoms with van der Waals surface area (Å²) in [6.45, 7) is 1.95. The molecule has 3 aromatic rings. The van der Waals surface area contributed by atoms with Crippen molar-refractivity contribution in [1.82, 2.24) is 4.57 Å². The molecule has 0 radical (unpaired) electrons. The normalized spacial score (nSPS) is 12.9. The lowest BCUT2D eigenvalue weighted by Gasteiger charge is -2.34. The number of fused-ring (bicyclic) bond motifs is 3. The Labute approximate surface area is 194 Å². The van der Waals surface area contributed by atoms with Crippen LogP contribution >= 0.6 is 0 Å². The van der Waals surface area contributed by atoms with Crippen LogP contribution in [0.4, 0.5) is 26.3 Å². The van der Waals surface area contributed by atoms with Gasteiger partial charge >= 0.3 is 18.3 Å². The first-order valence-corrected chi connectivity index (χ1v) is 10.4. The van der Waals surface area contributed by atoms with Gasteiger partial charge in [0.25, 0.3) is 11.2 Å². The van der Waals surface area contributed by atoms with Gasteiger partial charge in [-0.2, -0.15) is 26.3 Å². The molecule has 0 amide bonds. The van der Waals surface area contributed by atoms with E-state index in [1.54, 1.807) is 0 Å². The molecule has 12 heteroatoms. The molecule has 0 unspecified atom stereocenters. The van der Waals surface area contributed by atoms with Gasteiger partial charge in [-0.25, -0.2) is 4.79 Å². The van der Waals surface area contributed by atoms with Crippen molar-refractivity contribution in [1.29, 1.82) is 0 Å². The Hall–Kier alpha value is -3.28. The third-order valence-corrected chi connectivity index (χ3v) is 5.76. The van der Waals surface area contributed by atoms with Gasteiger partial charge in [-0.15, -0.1) is 0 Å². The van der Waals surface area contributed by atoms with Crippen LogP contribution in [-0.2, 0) is 16.9 Å². The first-order valence-electron chi connectivity index (χ1n) is 10.4. The van der Waals surface area contributed by atoms with Crippen LogP contribution in [0.25, 0.3) is 21.7 Å². The van der Waals surface area contributed by atoms with Gasteiger partial charge in [0.05, 0.1) is 25.3 Å². The topological polar surface area (TPSA) is 77.8 Å². The molecule has 3 rings (SSSR count). The number of nitrogens with zero attached hydrogens (tertiary/aromatic N) is 1. The number of unbranched alkanes of at least 4 members (excludes halogenated alkanes) is 1. The molecule has 1 aromatic heterocycles. The van der Waals surface area contributed by atoms with Gasteiger partial charge < -0.3 is 19.1 Å². The largest absolute Gasteiger partial charge is 0.496 e. The minimum Gasteiger partial charge on any atom is -0.496 e. The van der Waals surface area contributed by atoms with Gasteiger partial charge in [-0.3, -0.25) is 4.79 Å². The number of ether oxygens (including phenoxy) is 2. The van der Waals surface area contributed by atoms with E-state index in [0.29, 0.717) is 18.9 Å². The van der Waals surface area contributed by atoms with Crippen LogP contribution in [0, 0.1) is 0 Å². The highest BCUT2D eigenvalue weighted by Crippen LogP contribution is 2.54. The molecule has 0 saturated carbocycles. The standard InChI is InChI=1S/C23H21F6NO5/c1-4-5-10-30-16-9-8-15(21(33,22(24,25)26)23(27,28)29)18(34-2)17(16)14-11-12(20(32)35-3)6-7-13(14)19(30)31/h6-9,11,33H,4-5,10H2,1-3H3. The maximum atomic E-state index is 13.7. The number of rotatable bonds is 6. The molecule has 6 nitrogen and oxygen atoms in total. The Kier molecular flexibility index (Phi) is 6.82. The number of halogens is 6. The molecular formula is C23H21F6NO5. The van der Waals surface area contributed by atoms with Crippen molar-refractivity contribution in [2.24, 2.45) is 0 Å². The Bertz CT molecular complexity index is 1330. The zero-order valence-electron chi connectivity index (χ0n) is 18.8. The summed E-state index contributed by atoms with van der Waals surface area (Å²) in [5, 5.41) is 9.57. The Balaban J connectivity index is 2.62. The zero-order chi connectivity index (χ0) is 26.3. The van der Waals surface area contributed by atoms with Crippen LogP contribution in [-0.4, -0.2) is 42.2 Å². The quantitative estimate of drug-likeness (QED) is 0.288. The van der Waals surface area contributed by atoms with Gasteiger partial charge in [-0.1, -0.05) is 13.3 Å². The number of hydrogen-bond acceptors (Lipinski definition) is 5. The second-order valence-electron chi connectivity index (χ2n) is 7.81. The maximum absolute atomic E-state index is 13.7. The fourth-order valence-corrected chi connectivity index (χ4v) is 4.00. The highest BCUT2D eigenvalue weighted by Gasteiger charge is 2.72. The average molecular weight is 505 g/mol. The number of alkyl halides is 6. The predicted molar refractivity (Wildman–Crippen MR) is 115 cm³/mol. The first-order chi connectivity index (χ1) is 16.2. The van der Waals surface area contributed by atoms with E-state index in [-0.39, 0.29) is 33.8 Å². The lowest BCUT2D eigenvalue weighted by atomic mass is 9.88. The first kappa shape index (κ1) is 26.3. The number of aryl methyl sites for hydroxylation is 1. The third kappa shape index (κ3) is 4.09. The summed E-state index contributed by atoms with van der Waals surface area (Å²) in [7, 11) is 1.93. The van der Waals surface area contributed by atoms with E-state index in [1.165, 1.54) is 16.7 Å². The molecule has 0 aliphatic heterocycles. The Morgan fingerprint density at radius 2 is 1.63 bits per heavy atom. The summed E-state index contributed by atoms with van der Waals surface area (Å²) in [5.74, 6) is -1.77. The number of hydrogen-bond donors (Lipinski definition) is 1. The van der Waals surface area contributed by atoms with E-state index < -0.39 is 40.8 Å². The Morgan fingerprint density at radius 1 is 1.00 bits per heavy atom.